The van der Waals surface area contributed by atoms with Crippen molar-refractivity contribution in [3.8, 4) is 17.7 Å². The van der Waals surface area contributed by atoms with Crippen molar-refractivity contribution in [2.45, 2.75) is 38.6 Å². The third kappa shape index (κ3) is 6.49. The molecule has 1 saturated carbocycles. The first-order valence-electron chi connectivity index (χ1n) is 14.4. The molecule has 7 rings (SSSR count). The molecule has 2 aromatic carbocycles. The van der Waals surface area contributed by atoms with Crippen molar-refractivity contribution >= 4 is 17.0 Å². The topological polar surface area (TPSA) is 123 Å². The Kier molecular flexibility index (Phi) is 8.41. The summed E-state index contributed by atoms with van der Waals surface area (Å²) in [6, 6.07) is 11.8. The average molecular weight is 604 g/mol. The Morgan fingerprint density at radius 1 is 1.18 bits per heavy atom. The average Bonchev–Trinajstić information content (AvgIpc) is 3.45. The molecule has 12 heteroatoms. The van der Waals surface area contributed by atoms with Gasteiger partial charge in [-0.25, -0.2) is 23.5 Å². The summed E-state index contributed by atoms with van der Waals surface area (Å²) in [6.07, 6.45) is 3.60. The van der Waals surface area contributed by atoms with E-state index in [9.17, 15) is 18.7 Å². The Balaban J connectivity index is 0.000000168. The molecule has 4 aromatic rings. The van der Waals surface area contributed by atoms with Gasteiger partial charge in [0, 0.05) is 31.3 Å². The quantitative estimate of drug-likeness (QED) is 0.288. The number of imidazole rings is 1. The summed E-state index contributed by atoms with van der Waals surface area (Å²) in [7, 11) is 1.56. The fraction of sp³-hybridized carbons (Fsp3) is 0.375. The van der Waals surface area contributed by atoms with Gasteiger partial charge in [0.25, 0.3) is 0 Å². The number of aromatic nitrogens is 3. The lowest BCUT2D eigenvalue weighted by molar-refractivity contribution is -0.0591. The lowest BCUT2D eigenvalue weighted by atomic mass is 10.1. The summed E-state index contributed by atoms with van der Waals surface area (Å²) in [4.78, 5) is 22.5. The summed E-state index contributed by atoms with van der Waals surface area (Å²) < 4.78 is 44.5. The van der Waals surface area contributed by atoms with E-state index in [1.807, 2.05) is 6.07 Å². The maximum Gasteiger partial charge on any atom is 0.335 e. The fourth-order valence-corrected chi connectivity index (χ4v) is 5.63. The molecular formula is C32H31F2N5O5. The molecule has 3 unspecified atom stereocenters. The maximum atomic E-state index is 13.5. The van der Waals surface area contributed by atoms with E-state index in [4.69, 9.17) is 24.5 Å². The number of fused-ring (bicyclic) bond motifs is 2. The number of carboxylic acid groups (broad SMARTS) is 1. The molecule has 44 heavy (non-hydrogen) atoms. The van der Waals surface area contributed by atoms with Crippen LogP contribution >= 0.6 is 0 Å². The molecule has 2 aliphatic heterocycles. The monoisotopic (exact) mass is 603 g/mol. The van der Waals surface area contributed by atoms with Gasteiger partial charge in [0.15, 0.2) is 0 Å². The normalized spacial score (nSPS) is 20.2. The molecule has 0 bridgehead atoms. The summed E-state index contributed by atoms with van der Waals surface area (Å²) >= 11 is 0. The van der Waals surface area contributed by atoms with Gasteiger partial charge in [0.2, 0.25) is 5.88 Å². The largest absolute Gasteiger partial charge is 0.494 e. The third-order valence-electron chi connectivity index (χ3n) is 8.22. The first kappa shape index (κ1) is 29.5. The molecule has 3 aliphatic rings. The van der Waals surface area contributed by atoms with Gasteiger partial charge in [-0.05, 0) is 55.0 Å². The first-order chi connectivity index (χ1) is 21.3. The second kappa shape index (κ2) is 12.6. The van der Waals surface area contributed by atoms with Crippen LogP contribution in [0.2, 0.25) is 0 Å². The number of rotatable bonds is 9. The van der Waals surface area contributed by atoms with Gasteiger partial charge in [0.05, 0.1) is 55.2 Å². The van der Waals surface area contributed by atoms with E-state index < -0.39 is 17.6 Å². The number of nitrogens with zero attached hydrogens (tertiary/aromatic N) is 5. The number of benzene rings is 2. The minimum atomic E-state index is -0.959. The van der Waals surface area contributed by atoms with E-state index >= 15 is 0 Å². The number of ether oxygens (including phenoxy) is 3. The highest BCUT2D eigenvalue weighted by Gasteiger charge is 2.45. The molecule has 10 nitrogen and oxygen atoms in total. The van der Waals surface area contributed by atoms with Crippen LogP contribution in [0.5, 0.6) is 11.6 Å². The maximum absolute atomic E-state index is 13.5. The van der Waals surface area contributed by atoms with Gasteiger partial charge in [-0.3, -0.25) is 4.90 Å². The molecule has 2 saturated heterocycles. The Morgan fingerprint density at radius 3 is 2.59 bits per heavy atom. The number of pyridine rings is 1. The SMILES string of the molecule is COc1cc(C(=O)O)cc2c1nc(CN1CC3CC3C1)n2CC1CCO1.N#Cc1ccc(COc2ccc(F)cn2)c(F)c1. The van der Waals surface area contributed by atoms with E-state index in [-0.39, 0.29) is 29.7 Å². The highest BCUT2D eigenvalue weighted by molar-refractivity contribution is 5.95. The van der Waals surface area contributed by atoms with Crippen molar-refractivity contribution < 1.29 is 32.9 Å². The van der Waals surface area contributed by atoms with E-state index in [1.165, 1.54) is 30.7 Å². The number of hydrogen-bond acceptors (Lipinski definition) is 8. The molecule has 3 fully saturated rings. The van der Waals surface area contributed by atoms with Gasteiger partial charge < -0.3 is 23.9 Å². The van der Waals surface area contributed by atoms with Crippen molar-refractivity contribution in [1.29, 1.82) is 5.26 Å². The van der Waals surface area contributed by atoms with Crippen molar-refractivity contribution in [3.05, 3.63) is 82.8 Å². The second-order valence-electron chi connectivity index (χ2n) is 11.2. The second-order valence-corrected chi connectivity index (χ2v) is 11.2. The van der Waals surface area contributed by atoms with Crippen molar-refractivity contribution in [2.75, 3.05) is 26.8 Å². The van der Waals surface area contributed by atoms with Crippen LogP contribution < -0.4 is 9.47 Å². The predicted octanol–water partition coefficient (Wildman–Crippen LogP) is 4.79. The highest BCUT2D eigenvalue weighted by atomic mass is 19.1. The standard InChI is InChI=1S/C19H23N3O4.C13H8F2N2O/c1-25-16-6-11(19(23)24)5-15-18(16)20-17(22(15)9-14-2-3-26-14)10-21-7-12-4-13(12)8-21;14-11-3-4-13(17-7-11)18-8-10-2-1-9(6-16)5-12(10)15/h5-6,12-14H,2-4,7-10H2,1H3,(H,23,24);1-5,7H,8H2. The number of carbonyl (C=O) groups is 1. The van der Waals surface area contributed by atoms with E-state index in [2.05, 4.69) is 14.5 Å². The van der Waals surface area contributed by atoms with Gasteiger partial charge in [-0.15, -0.1) is 0 Å². The number of piperidine rings is 1. The molecule has 1 N–H and O–H groups in total. The summed E-state index contributed by atoms with van der Waals surface area (Å²) in [5, 5.41) is 18.0. The summed E-state index contributed by atoms with van der Waals surface area (Å²) in [5.41, 5.74) is 2.32. The van der Waals surface area contributed by atoms with Crippen LogP contribution in [0.15, 0.2) is 48.7 Å². The van der Waals surface area contributed by atoms with Gasteiger partial charge in [-0.1, -0.05) is 6.07 Å². The fourth-order valence-electron chi connectivity index (χ4n) is 5.63. The number of carboxylic acids is 1. The number of halogens is 2. The minimum Gasteiger partial charge on any atom is -0.494 e. The van der Waals surface area contributed by atoms with E-state index in [0.29, 0.717) is 17.9 Å². The lowest BCUT2D eigenvalue weighted by Gasteiger charge is -2.28. The van der Waals surface area contributed by atoms with Crippen molar-refractivity contribution in [3.63, 3.8) is 0 Å². The van der Waals surface area contributed by atoms with Crippen LogP contribution in [0.4, 0.5) is 8.78 Å². The van der Waals surface area contributed by atoms with Crippen LogP contribution in [-0.4, -0.2) is 63.4 Å². The van der Waals surface area contributed by atoms with Crippen LogP contribution in [0.3, 0.4) is 0 Å². The third-order valence-corrected chi connectivity index (χ3v) is 8.22. The van der Waals surface area contributed by atoms with Crippen molar-refractivity contribution in [1.82, 2.24) is 19.4 Å². The van der Waals surface area contributed by atoms with Crippen LogP contribution in [0.25, 0.3) is 11.0 Å². The number of nitriles is 1. The Morgan fingerprint density at radius 2 is 1.98 bits per heavy atom. The smallest absolute Gasteiger partial charge is 0.335 e. The molecule has 4 heterocycles. The van der Waals surface area contributed by atoms with Crippen molar-refractivity contribution in [2.24, 2.45) is 11.8 Å². The van der Waals surface area contributed by atoms with Gasteiger partial charge in [0.1, 0.15) is 35.3 Å². The van der Waals surface area contributed by atoms with Crippen LogP contribution in [-0.2, 0) is 24.4 Å². The van der Waals surface area contributed by atoms with E-state index in [0.717, 1.165) is 73.6 Å². The first-order valence-corrected chi connectivity index (χ1v) is 14.4. The van der Waals surface area contributed by atoms with Gasteiger partial charge in [-0.2, -0.15) is 5.26 Å². The molecule has 2 aromatic heterocycles. The Hall–Kier alpha value is -4.60. The predicted molar refractivity (Wildman–Crippen MR) is 154 cm³/mol. The van der Waals surface area contributed by atoms with Crippen LogP contribution in [0.1, 0.15) is 40.2 Å². The molecule has 0 amide bonds. The number of methoxy groups -OCH3 is 1. The molecule has 228 valence electrons. The molecule has 1 aliphatic carbocycles. The molecule has 3 atom stereocenters. The zero-order valence-corrected chi connectivity index (χ0v) is 24.1. The Labute approximate surface area is 252 Å². The summed E-state index contributed by atoms with van der Waals surface area (Å²) in [6.45, 7) is 4.55. The zero-order chi connectivity index (χ0) is 30.8. The lowest BCUT2D eigenvalue weighted by Crippen LogP contribution is -2.32. The number of aromatic carboxylic acids is 1. The molecular weight excluding hydrogens is 572 g/mol. The summed E-state index contributed by atoms with van der Waals surface area (Å²) in [5.74, 6) is 1.49. The Bertz CT molecular complexity index is 1710. The van der Waals surface area contributed by atoms with Crippen LogP contribution in [0, 0.1) is 34.8 Å². The van der Waals surface area contributed by atoms with Gasteiger partial charge >= 0.3 is 5.97 Å². The molecule has 0 radical (unpaired) electrons. The molecule has 0 spiro atoms. The van der Waals surface area contributed by atoms with E-state index in [1.54, 1.807) is 19.2 Å². The minimum absolute atomic E-state index is 0.0316. The zero-order valence-electron chi connectivity index (χ0n) is 24.1. The number of likely N-dealkylation sites (tertiary alicyclic amines) is 1. The highest BCUT2D eigenvalue weighted by Crippen LogP contribution is 2.45. The number of hydrogen-bond donors (Lipinski definition) is 1.